The van der Waals surface area contributed by atoms with Gasteiger partial charge in [0.1, 0.15) is 0 Å². The highest BCUT2D eigenvalue weighted by atomic mass is 32.2. The third kappa shape index (κ3) is 2.16. The molecule has 66 valence electrons. The van der Waals surface area contributed by atoms with Crippen LogP contribution in [0.3, 0.4) is 0 Å². The SMILES string of the molecule is Cc1cccc([C@H](C)S(=O)[O-])c1. The largest absolute Gasteiger partial charge is 0.772 e. The van der Waals surface area contributed by atoms with E-state index in [2.05, 4.69) is 0 Å². The Morgan fingerprint density at radius 1 is 1.50 bits per heavy atom. The van der Waals surface area contributed by atoms with Gasteiger partial charge >= 0.3 is 0 Å². The molecule has 2 atom stereocenters. The van der Waals surface area contributed by atoms with Crippen LogP contribution in [0.25, 0.3) is 0 Å². The fourth-order valence-electron chi connectivity index (χ4n) is 1.03. The van der Waals surface area contributed by atoms with Crippen LogP contribution in [0.4, 0.5) is 0 Å². The lowest BCUT2D eigenvalue weighted by Gasteiger charge is -2.15. The van der Waals surface area contributed by atoms with Gasteiger partial charge in [-0.2, -0.15) is 0 Å². The molecule has 12 heavy (non-hydrogen) atoms. The van der Waals surface area contributed by atoms with Crippen molar-refractivity contribution in [3.05, 3.63) is 35.4 Å². The maximum Gasteiger partial charge on any atom is 0.0437 e. The molecular weight excluding hydrogens is 172 g/mol. The molecule has 3 heteroatoms. The Kier molecular flexibility index (Phi) is 3.00. The van der Waals surface area contributed by atoms with Crippen LogP contribution in [-0.4, -0.2) is 8.76 Å². The summed E-state index contributed by atoms with van der Waals surface area (Å²) in [6, 6.07) is 7.53. The summed E-state index contributed by atoms with van der Waals surface area (Å²) in [5.41, 5.74) is 1.94. The van der Waals surface area contributed by atoms with Gasteiger partial charge in [-0.25, -0.2) is 0 Å². The molecule has 0 saturated carbocycles. The van der Waals surface area contributed by atoms with Crippen molar-refractivity contribution in [2.45, 2.75) is 19.1 Å². The molecule has 1 unspecified atom stereocenters. The molecule has 0 radical (unpaired) electrons. The van der Waals surface area contributed by atoms with Crippen molar-refractivity contribution < 1.29 is 8.76 Å². The molecule has 0 aromatic heterocycles. The second kappa shape index (κ2) is 3.83. The molecule has 0 amide bonds. The monoisotopic (exact) mass is 183 g/mol. The van der Waals surface area contributed by atoms with Crippen molar-refractivity contribution in [2.24, 2.45) is 0 Å². The van der Waals surface area contributed by atoms with Gasteiger partial charge < -0.3 is 4.55 Å². The average molecular weight is 183 g/mol. The van der Waals surface area contributed by atoms with E-state index in [1.165, 1.54) is 0 Å². The number of hydrogen-bond donors (Lipinski definition) is 0. The Labute approximate surface area is 74.9 Å². The van der Waals surface area contributed by atoms with Crippen molar-refractivity contribution in [1.82, 2.24) is 0 Å². The third-order valence-electron chi connectivity index (χ3n) is 1.80. The molecular formula is C9H11O2S-. The zero-order valence-electron chi connectivity index (χ0n) is 7.11. The molecule has 0 aliphatic heterocycles. The lowest BCUT2D eigenvalue weighted by atomic mass is 10.1. The van der Waals surface area contributed by atoms with Gasteiger partial charge in [-0.05, 0) is 30.5 Å². The normalized spacial score (nSPS) is 15.6. The summed E-state index contributed by atoms with van der Waals surface area (Å²) in [4.78, 5) is 0. The van der Waals surface area contributed by atoms with Crippen LogP contribution in [0.2, 0.25) is 0 Å². The lowest BCUT2D eigenvalue weighted by molar-refractivity contribution is 0.527. The average Bonchev–Trinajstić information content (AvgIpc) is 2.03. The Morgan fingerprint density at radius 3 is 2.67 bits per heavy atom. The van der Waals surface area contributed by atoms with Gasteiger partial charge in [0.05, 0.1) is 0 Å². The van der Waals surface area contributed by atoms with Crippen LogP contribution >= 0.6 is 0 Å². The van der Waals surface area contributed by atoms with Crippen LogP contribution < -0.4 is 0 Å². The number of hydrogen-bond acceptors (Lipinski definition) is 2. The van der Waals surface area contributed by atoms with E-state index in [0.717, 1.165) is 11.1 Å². The van der Waals surface area contributed by atoms with Crippen LogP contribution in [0, 0.1) is 6.92 Å². The molecule has 0 heterocycles. The second-order valence-corrected chi connectivity index (χ2v) is 4.04. The van der Waals surface area contributed by atoms with Gasteiger partial charge in [-0.1, -0.05) is 29.8 Å². The van der Waals surface area contributed by atoms with Gasteiger partial charge in [-0.15, -0.1) is 0 Å². The van der Waals surface area contributed by atoms with E-state index < -0.39 is 16.3 Å². The Morgan fingerprint density at radius 2 is 2.17 bits per heavy atom. The van der Waals surface area contributed by atoms with Gasteiger partial charge in [0, 0.05) is 5.25 Å². The second-order valence-electron chi connectivity index (χ2n) is 2.82. The maximum atomic E-state index is 10.6. The van der Waals surface area contributed by atoms with E-state index >= 15 is 0 Å². The van der Waals surface area contributed by atoms with Crippen molar-refractivity contribution >= 4 is 11.1 Å². The molecule has 0 spiro atoms. The predicted molar refractivity (Wildman–Crippen MR) is 48.5 cm³/mol. The summed E-state index contributed by atoms with van der Waals surface area (Å²) in [7, 11) is 0. The Balaban J connectivity index is 2.95. The van der Waals surface area contributed by atoms with Crippen LogP contribution in [0.5, 0.6) is 0 Å². The number of rotatable bonds is 2. The highest BCUT2D eigenvalue weighted by molar-refractivity contribution is 7.79. The van der Waals surface area contributed by atoms with E-state index in [-0.39, 0.29) is 0 Å². The summed E-state index contributed by atoms with van der Waals surface area (Å²) < 4.78 is 21.2. The number of aryl methyl sites for hydroxylation is 1. The smallest absolute Gasteiger partial charge is 0.0437 e. The molecule has 0 aliphatic rings. The van der Waals surface area contributed by atoms with Crippen LogP contribution in [0.15, 0.2) is 24.3 Å². The quantitative estimate of drug-likeness (QED) is 0.657. The Bertz CT molecular complexity index is 296. The lowest BCUT2D eigenvalue weighted by Crippen LogP contribution is -2.00. The van der Waals surface area contributed by atoms with Gasteiger partial charge in [0.2, 0.25) is 0 Å². The fourth-order valence-corrected chi connectivity index (χ4v) is 1.40. The summed E-state index contributed by atoms with van der Waals surface area (Å²) in [5.74, 6) is 0. The standard InChI is InChI=1S/C9H12O2S/c1-7-4-3-5-9(6-7)8(2)12(10)11/h3-6,8H,1-2H3,(H,10,11)/p-1/t8-/m0/s1. The topological polar surface area (TPSA) is 40.1 Å². The van der Waals surface area contributed by atoms with Gasteiger partial charge in [0.25, 0.3) is 0 Å². The first-order valence-electron chi connectivity index (χ1n) is 3.76. The van der Waals surface area contributed by atoms with Crippen molar-refractivity contribution in [3.63, 3.8) is 0 Å². The number of benzene rings is 1. The Hall–Kier alpha value is -0.670. The molecule has 0 saturated heterocycles. The van der Waals surface area contributed by atoms with E-state index in [1.54, 1.807) is 6.92 Å². The summed E-state index contributed by atoms with van der Waals surface area (Å²) in [6.07, 6.45) is 0. The van der Waals surface area contributed by atoms with Crippen LogP contribution in [0.1, 0.15) is 23.3 Å². The third-order valence-corrected chi connectivity index (χ3v) is 2.65. The molecule has 0 bridgehead atoms. The summed E-state index contributed by atoms with van der Waals surface area (Å²) >= 11 is -2.02. The van der Waals surface area contributed by atoms with Crippen LogP contribution in [-0.2, 0) is 11.1 Å². The van der Waals surface area contributed by atoms with E-state index in [9.17, 15) is 8.76 Å². The molecule has 2 nitrogen and oxygen atoms in total. The maximum absolute atomic E-state index is 10.6. The minimum absolute atomic E-state index is 0.412. The first-order chi connectivity index (χ1) is 5.61. The van der Waals surface area contributed by atoms with Gasteiger partial charge in [-0.3, -0.25) is 4.21 Å². The fraction of sp³-hybridized carbons (Fsp3) is 0.333. The van der Waals surface area contributed by atoms with Crippen molar-refractivity contribution in [1.29, 1.82) is 0 Å². The summed E-state index contributed by atoms with van der Waals surface area (Å²) in [6.45, 7) is 3.63. The minimum Gasteiger partial charge on any atom is -0.772 e. The highest BCUT2D eigenvalue weighted by Crippen LogP contribution is 2.18. The van der Waals surface area contributed by atoms with Crippen molar-refractivity contribution in [3.8, 4) is 0 Å². The predicted octanol–water partition coefficient (Wildman–Crippen LogP) is 1.94. The molecule has 0 fully saturated rings. The van der Waals surface area contributed by atoms with E-state index in [0.29, 0.717) is 0 Å². The summed E-state index contributed by atoms with van der Waals surface area (Å²) in [5, 5.41) is -0.412. The molecule has 0 N–H and O–H groups in total. The molecule has 0 aliphatic carbocycles. The van der Waals surface area contributed by atoms with E-state index in [4.69, 9.17) is 0 Å². The molecule has 1 aromatic carbocycles. The van der Waals surface area contributed by atoms with E-state index in [1.807, 2.05) is 31.2 Å². The molecule has 1 aromatic rings. The minimum atomic E-state index is -2.02. The zero-order valence-corrected chi connectivity index (χ0v) is 7.93. The van der Waals surface area contributed by atoms with Gasteiger partial charge in [0.15, 0.2) is 0 Å². The first kappa shape index (κ1) is 9.42. The highest BCUT2D eigenvalue weighted by Gasteiger charge is 2.04. The molecule has 1 rings (SSSR count). The first-order valence-corrected chi connectivity index (χ1v) is 4.89. The zero-order chi connectivity index (χ0) is 9.14. The van der Waals surface area contributed by atoms with Crippen molar-refractivity contribution in [2.75, 3.05) is 0 Å².